The number of rotatable bonds is 6. The summed E-state index contributed by atoms with van der Waals surface area (Å²) in [4.78, 5) is 12.0. The maximum absolute atomic E-state index is 14.0. The van der Waals surface area contributed by atoms with Crippen LogP contribution in [0.5, 0.6) is 11.5 Å². The van der Waals surface area contributed by atoms with Crippen molar-refractivity contribution in [1.29, 1.82) is 0 Å². The monoisotopic (exact) mass is 490 g/mol. The van der Waals surface area contributed by atoms with Gasteiger partial charge in [-0.3, -0.25) is 4.79 Å². The first-order valence-corrected chi connectivity index (χ1v) is 11.8. The van der Waals surface area contributed by atoms with Crippen molar-refractivity contribution in [2.45, 2.75) is 16.7 Å². The van der Waals surface area contributed by atoms with Gasteiger partial charge in [0, 0.05) is 16.8 Å². The summed E-state index contributed by atoms with van der Waals surface area (Å²) >= 11 is 5.93. The minimum atomic E-state index is -4.13. The molecule has 4 rings (SSSR count). The minimum Gasteiger partial charge on any atom is -0.486 e. The Morgan fingerprint density at radius 3 is 2.48 bits per heavy atom. The molecule has 172 valence electrons. The van der Waals surface area contributed by atoms with E-state index in [2.05, 4.69) is 10.6 Å². The normalized spacial score (nSPS) is 12.8. The molecular formula is C23H20ClFN2O5S. The zero-order valence-electron chi connectivity index (χ0n) is 17.5. The van der Waals surface area contributed by atoms with Crippen LogP contribution in [0.2, 0.25) is 5.02 Å². The summed E-state index contributed by atoms with van der Waals surface area (Å²) in [5.41, 5.74) is 1.45. The number of aryl methyl sites for hydroxylation is 1. The summed E-state index contributed by atoms with van der Waals surface area (Å²) in [5.74, 6) is -0.400. The number of sulfone groups is 1. The van der Waals surface area contributed by atoms with Gasteiger partial charge in [-0.1, -0.05) is 11.6 Å². The predicted molar refractivity (Wildman–Crippen MR) is 123 cm³/mol. The third kappa shape index (κ3) is 5.04. The average Bonchev–Trinajstić information content (AvgIpc) is 2.79. The van der Waals surface area contributed by atoms with E-state index in [1.165, 1.54) is 24.3 Å². The SMILES string of the molecule is Cc1cc(Cl)ccc1NC(=O)CNc1ccc(F)cc1S(=O)(=O)c1ccc2c(c1)OCCO2. The maximum Gasteiger partial charge on any atom is 0.243 e. The van der Waals surface area contributed by atoms with Crippen LogP contribution in [0, 0.1) is 12.7 Å². The molecule has 0 bridgehead atoms. The van der Waals surface area contributed by atoms with Crippen LogP contribution in [0.15, 0.2) is 64.4 Å². The molecular weight excluding hydrogens is 471 g/mol. The van der Waals surface area contributed by atoms with Crippen molar-refractivity contribution in [3.63, 3.8) is 0 Å². The van der Waals surface area contributed by atoms with Crippen LogP contribution in [0.25, 0.3) is 0 Å². The van der Waals surface area contributed by atoms with Gasteiger partial charge in [0.2, 0.25) is 15.7 Å². The van der Waals surface area contributed by atoms with E-state index in [-0.39, 0.29) is 22.0 Å². The number of benzene rings is 3. The van der Waals surface area contributed by atoms with Gasteiger partial charge in [-0.25, -0.2) is 12.8 Å². The summed E-state index contributed by atoms with van der Waals surface area (Å²) < 4.78 is 51.5. The quantitative estimate of drug-likeness (QED) is 0.530. The van der Waals surface area contributed by atoms with Crippen LogP contribution in [0.4, 0.5) is 15.8 Å². The lowest BCUT2D eigenvalue weighted by Crippen LogP contribution is -2.23. The Kier molecular flexibility index (Phi) is 6.44. The Balaban J connectivity index is 1.56. The van der Waals surface area contributed by atoms with Crippen LogP contribution in [0.3, 0.4) is 0 Å². The second-order valence-corrected chi connectivity index (χ2v) is 9.66. The summed E-state index contributed by atoms with van der Waals surface area (Å²) in [6.45, 7) is 2.23. The van der Waals surface area contributed by atoms with E-state index in [9.17, 15) is 17.6 Å². The van der Waals surface area contributed by atoms with Gasteiger partial charge in [0.15, 0.2) is 11.5 Å². The smallest absolute Gasteiger partial charge is 0.243 e. The molecule has 0 unspecified atom stereocenters. The Labute approximate surface area is 195 Å². The molecule has 1 aliphatic heterocycles. The number of hydrogen-bond donors (Lipinski definition) is 2. The first kappa shape index (κ1) is 22.9. The van der Waals surface area contributed by atoms with Crippen molar-refractivity contribution < 1.29 is 27.1 Å². The number of fused-ring (bicyclic) bond motifs is 1. The topological polar surface area (TPSA) is 93.7 Å². The van der Waals surface area contributed by atoms with Gasteiger partial charge >= 0.3 is 0 Å². The van der Waals surface area contributed by atoms with Crippen LogP contribution >= 0.6 is 11.6 Å². The van der Waals surface area contributed by atoms with E-state index in [0.717, 1.165) is 17.7 Å². The lowest BCUT2D eigenvalue weighted by atomic mass is 10.2. The zero-order valence-corrected chi connectivity index (χ0v) is 19.1. The van der Waals surface area contributed by atoms with E-state index >= 15 is 0 Å². The molecule has 0 aromatic heterocycles. The second-order valence-electron chi connectivity index (χ2n) is 7.31. The van der Waals surface area contributed by atoms with Gasteiger partial charge in [-0.2, -0.15) is 0 Å². The number of hydrogen-bond acceptors (Lipinski definition) is 6. The minimum absolute atomic E-state index is 0.0818. The molecule has 33 heavy (non-hydrogen) atoms. The highest BCUT2D eigenvalue weighted by atomic mass is 35.5. The fourth-order valence-corrected chi connectivity index (χ4v) is 5.01. The molecule has 3 aromatic carbocycles. The Morgan fingerprint density at radius 1 is 1.00 bits per heavy atom. The lowest BCUT2D eigenvalue weighted by Gasteiger charge is -2.19. The van der Waals surface area contributed by atoms with Gasteiger partial charge in [-0.15, -0.1) is 0 Å². The number of ether oxygens (including phenoxy) is 2. The Bertz CT molecular complexity index is 1330. The number of halogens is 2. The van der Waals surface area contributed by atoms with Gasteiger partial charge in [0.25, 0.3) is 0 Å². The maximum atomic E-state index is 14.0. The molecule has 0 atom stereocenters. The van der Waals surface area contributed by atoms with Crippen molar-refractivity contribution in [2.24, 2.45) is 0 Å². The third-order valence-electron chi connectivity index (χ3n) is 4.96. The van der Waals surface area contributed by atoms with Crippen molar-refractivity contribution in [3.05, 3.63) is 71.0 Å². The molecule has 0 saturated carbocycles. The van der Waals surface area contributed by atoms with Gasteiger partial charge < -0.3 is 20.1 Å². The highest BCUT2D eigenvalue weighted by molar-refractivity contribution is 7.91. The number of carbonyl (C=O) groups excluding carboxylic acids is 1. The van der Waals surface area contributed by atoms with E-state index < -0.39 is 21.6 Å². The zero-order chi connectivity index (χ0) is 23.6. The Morgan fingerprint density at radius 2 is 1.73 bits per heavy atom. The predicted octanol–water partition coefficient (Wildman–Crippen LogP) is 4.44. The molecule has 1 heterocycles. The highest BCUT2D eigenvalue weighted by Crippen LogP contribution is 2.36. The summed E-state index contributed by atoms with van der Waals surface area (Å²) in [6, 6.07) is 12.5. The molecule has 0 radical (unpaired) electrons. The van der Waals surface area contributed by atoms with E-state index in [1.807, 2.05) is 0 Å². The van der Waals surface area contributed by atoms with E-state index in [0.29, 0.717) is 35.4 Å². The van der Waals surface area contributed by atoms with Gasteiger partial charge in [0.1, 0.15) is 19.0 Å². The molecule has 0 aliphatic carbocycles. The third-order valence-corrected chi connectivity index (χ3v) is 6.99. The van der Waals surface area contributed by atoms with Crippen molar-refractivity contribution >= 4 is 38.7 Å². The highest BCUT2D eigenvalue weighted by Gasteiger charge is 2.25. The first-order chi connectivity index (χ1) is 15.7. The lowest BCUT2D eigenvalue weighted by molar-refractivity contribution is -0.114. The second kappa shape index (κ2) is 9.29. The molecule has 1 amide bonds. The number of amides is 1. The molecule has 10 heteroatoms. The van der Waals surface area contributed by atoms with Crippen LogP contribution in [0.1, 0.15) is 5.56 Å². The number of carbonyl (C=O) groups is 1. The van der Waals surface area contributed by atoms with Crippen molar-refractivity contribution in [2.75, 3.05) is 30.4 Å². The van der Waals surface area contributed by atoms with Crippen LogP contribution in [-0.4, -0.2) is 34.1 Å². The van der Waals surface area contributed by atoms with Crippen LogP contribution in [-0.2, 0) is 14.6 Å². The van der Waals surface area contributed by atoms with E-state index in [4.69, 9.17) is 21.1 Å². The molecule has 7 nitrogen and oxygen atoms in total. The molecule has 3 aromatic rings. The Hall–Kier alpha value is -3.30. The van der Waals surface area contributed by atoms with E-state index in [1.54, 1.807) is 25.1 Å². The summed E-state index contributed by atoms with van der Waals surface area (Å²) in [5, 5.41) is 6.06. The summed E-state index contributed by atoms with van der Waals surface area (Å²) in [7, 11) is -4.13. The van der Waals surface area contributed by atoms with Gasteiger partial charge in [0.05, 0.1) is 22.0 Å². The largest absolute Gasteiger partial charge is 0.486 e. The molecule has 0 fully saturated rings. The standard InChI is InChI=1S/C23H20ClFN2O5S/c1-14-10-15(24)2-5-18(14)27-23(28)13-26-19-6-3-16(25)11-22(19)33(29,30)17-4-7-20-21(12-17)32-9-8-31-20/h2-7,10-12,26H,8-9,13H2,1H3,(H,27,28). The summed E-state index contributed by atoms with van der Waals surface area (Å²) in [6.07, 6.45) is 0. The molecule has 1 aliphatic rings. The average molecular weight is 491 g/mol. The fourth-order valence-electron chi connectivity index (χ4n) is 3.32. The van der Waals surface area contributed by atoms with Gasteiger partial charge in [-0.05, 0) is 61.0 Å². The molecule has 0 spiro atoms. The molecule has 0 saturated heterocycles. The number of anilines is 2. The van der Waals surface area contributed by atoms with Crippen LogP contribution < -0.4 is 20.1 Å². The van der Waals surface area contributed by atoms with Crippen molar-refractivity contribution in [3.8, 4) is 11.5 Å². The first-order valence-electron chi connectivity index (χ1n) is 9.98. The van der Waals surface area contributed by atoms with Crippen molar-refractivity contribution in [1.82, 2.24) is 0 Å². The fraction of sp³-hybridized carbons (Fsp3) is 0.174. The number of nitrogens with one attached hydrogen (secondary N) is 2. The molecule has 2 N–H and O–H groups in total.